The van der Waals surface area contributed by atoms with E-state index in [2.05, 4.69) is 19.1 Å². The number of rotatable bonds is 1. The van der Waals surface area contributed by atoms with Gasteiger partial charge in [-0.1, -0.05) is 19.1 Å². The van der Waals surface area contributed by atoms with Gasteiger partial charge in [0.2, 0.25) is 0 Å². The lowest BCUT2D eigenvalue weighted by atomic mass is 10.1. The molecular weight excluding hydrogens is 160 g/mol. The number of hydrogen-bond donors (Lipinski definition) is 0. The predicted octanol–water partition coefficient (Wildman–Crippen LogP) is 3.58. The van der Waals surface area contributed by atoms with E-state index in [-0.39, 0.29) is 0 Å². The summed E-state index contributed by atoms with van der Waals surface area (Å²) in [4.78, 5) is 0. The number of fused-ring (bicyclic) bond motifs is 1. The highest BCUT2D eigenvalue weighted by Gasteiger charge is 2.12. The zero-order chi connectivity index (χ0) is 9.26. The summed E-state index contributed by atoms with van der Waals surface area (Å²) in [6.07, 6.45) is 1.03. The van der Waals surface area contributed by atoms with E-state index >= 15 is 0 Å². The average molecular weight is 173 g/mol. The Morgan fingerprint density at radius 2 is 2.00 bits per heavy atom. The van der Waals surface area contributed by atoms with Crippen LogP contribution in [0, 0.1) is 6.92 Å². The maximum atomic E-state index is 5.68. The molecule has 0 saturated carbocycles. The zero-order valence-electron chi connectivity index (χ0n) is 8.00. The lowest BCUT2D eigenvalue weighted by Gasteiger charge is -1.93. The second-order valence-corrected chi connectivity index (χ2v) is 3.22. The minimum Gasteiger partial charge on any atom is -0.212 e. The molecule has 66 valence electrons. The molecule has 1 aromatic carbocycles. The van der Waals surface area contributed by atoms with Crippen molar-refractivity contribution in [2.75, 3.05) is 0 Å². The van der Waals surface area contributed by atoms with Crippen molar-refractivity contribution in [1.29, 1.82) is 0 Å². The third-order valence-corrected chi connectivity index (χ3v) is 2.34. The molecule has 0 amide bonds. The van der Waals surface area contributed by atoms with E-state index in [0.29, 0.717) is 0 Å². The van der Waals surface area contributed by atoms with Gasteiger partial charge in [0.1, 0.15) is 0 Å². The van der Waals surface area contributed by atoms with E-state index in [1.165, 1.54) is 10.9 Å². The second kappa shape index (κ2) is 3.17. The maximum absolute atomic E-state index is 5.68. The van der Waals surface area contributed by atoms with Crippen molar-refractivity contribution >= 4 is 11.0 Å². The Labute approximate surface area is 78.0 Å². The molecule has 0 aliphatic heterocycles. The van der Waals surface area contributed by atoms with E-state index in [1.54, 1.807) is 0 Å². The Kier molecular flexibility index (Phi) is 2.01. The summed E-state index contributed by atoms with van der Waals surface area (Å²) in [6.45, 7) is 4.16. The molecule has 0 fully saturated rings. The largest absolute Gasteiger partial charge is 0.360 e. The number of para-hydroxylation sites is 1. The van der Waals surface area contributed by atoms with E-state index in [0.717, 1.165) is 17.8 Å². The highest BCUT2D eigenvalue weighted by atomic mass is 16.3. The highest BCUT2D eigenvalue weighted by Crippen LogP contribution is 2.19. The molecule has 1 nitrogen and oxygen atoms in total. The summed E-state index contributed by atoms with van der Waals surface area (Å²) in [5.41, 5.74) is 2.26. The molecule has 0 spiro atoms. The van der Waals surface area contributed by atoms with E-state index in [9.17, 15) is 0 Å². The third-order valence-electron chi connectivity index (χ3n) is 2.34. The number of aryl methyl sites for hydroxylation is 2. The third kappa shape index (κ3) is 1.42. The highest BCUT2D eigenvalue weighted by molar-refractivity contribution is 5.77. The fraction of sp³-hybridized carbons (Fsp3) is 0.250. The van der Waals surface area contributed by atoms with Crippen molar-refractivity contribution in [2.45, 2.75) is 20.3 Å². The van der Waals surface area contributed by atoms with Gasteiger partial charge in [0.15, 0.2) is 0 Å². The molecule has 0 unspecified atom stereocenters. The van der Waals surface area contributed by atoms with Crippen LogP contribution in [0.3, 0.4) is 0 Å². The molecule has 2 rings (SSSR count). The van der Waals surface area contributed by atoms with E-state index < -0.39 is 0 Å². The molecule has 1 aromatic heterocycles. The smallest absolute Gasteiger partial charge is 0.212 e. The van der Waals surface area contributed by atoms with E-state index in [4.69, 9.17) is 4.42 Å². The Balaban J connectivity index is 2.74. The topological polar surface area (TPSA) is 11.3 Å². The lowest BCUT2D eigenvalue weighted by Crippen LogP contribution is -1.86. The molecule has 2 aromatic rings. The SMILES string of the molecule is CCc1cc2ccccc2[o+]c1C. The van der Waals surface area contributed by atoms with Crippen LogP contribution in [0.2, 0.25) is 0 Å². The predicted molar refractivity (Wildman–Crippen MR) is 54.7 cm³/mol. The van der Waals surface area contributed by atoms with E-state index in [1.807, 2.05) is 25.1 Å². The monoisotopic (exact) mass is 173 g/mol. The van der Waals surface area contributed by atoms with Crippen molar-refractivity contribution in [3.8, 4) is 0 Å². The molecule has 0 radical (unpaired) electrons. The van der Waals surface area contributed by atoms with Crippen molar-refractivity contribution in [3.63, 3.8) is 0 Å². The van der Waals surface area contributed by atoms with Gasteiger partial charge < -0.3 is 0 Å². The zero-order valence-corrected chi connectivity index (χ0v) is 8.00. The average Bonchev–Trinajstić information content (AvgIpc) is 2.17. The van der Waals surface area contributed by atoms with Gasteiger partial charge in [0.25, 0.3) is 0 Å². The first-order chi connectivity index (χ1) is 6.31. The quantitative estimate of drug-likeness (QED) is 0.600. The summed E-state index contributed by atoms with van der Waals surface area (Å²) in [6, 6.07) is 10.3. The number of hydrogen-bond acceptors (Lipinski definition) is 0. The standard InChI is InChI=1S/C12H13O/c1-3-10-8-11-6-4-5-7-12(11)13-9(10)2/h4-8H,3H2,1-2H3/q+1. The van der Waals surface area contributed by atoms with Gasteiger partial charge in [-0.05, 0) is 18.6 Å². The van der Waals surface area contributed by atoms with Gasteiger partial charge >= 0.3 is 11.3 Å². The lowest BCUT2D eigenvalue weighted by molar-refractivity contribution is 0.557. The minimum atomic E-state index is 0.970. The Hall–Kier alpha value is -1.37. The summed E-state index contributed by atoms with van der Waals surface area (Å²) in [5.74, 6) is 1.03. The van der Waals surface area contributed by atoms with Crippen molar-refractivity contribution in [2.24, 2.45) is 0 Å². The molecule has 0 saturated heterocycles. The molecule has 0 aliphatic carbocycles. The van der Waals surface area contributed by atoms with Crippen LogP contribution in [0.1, 0.15) is 18.2 Å². The Morgan fingerprint density at radius 3 is 2.77 bits per heavy atom. The van der Waals surface area contributed by atoms with Gasteiger partial charge in [-0.25, -0.2) is 4.42 Å². The van der Waals surface area contributed by atoms with Crippen molar-refractivity contribution in [3.05, 3.63) is 41.7 Å². The normalized spacial score (nSPS) is 10.6. The van der Waals surface area contributed by atoms with Crippen LogP contribution in [0.5, 0.6) is 0 Å². The maximum Gasteiger partial charge on any atom is 0.360 e. The van der Waals surface area contributed by atoms with Crippen LogP contribution in [-0.2, 0) is 6.42 Å². The summed E-state index contributed by atoms with van der Waals surface area (Å²) < 4.78 is 5.68. The van der Waals surface area contributed by atoms with Crippen LogP contribution in [0.15, 0.2) is 34.7 Å². The number of benzene rings is 1. The van der Waals surface area contributed by atoms with Gasteiger partial charge in [-0.15, -0.1) is 0 Å². The molecule has 1 heteroatoms. The van der Waals surface area contributed by atoms with Crippen molar-refractivity contribution in [1.82, 2.24) is 0 Å². The van der Waals surface area contributed by atoms with Crippen LogP contribution < -0.4 is 0 Å². The fourth-order valence-corrected chi connectivity index (χ4v) is 1.56. The second-order valence-electron chi connectivity index (χ2n) is 3.22. The van der Waals surface area contributed by atoms with Crippen molar-refractivity contribution < 1.29 is 4.42 Å². The Morgan fingerprint density at radius 1 is 1.23 bits per heavy atom. The Bertz CT molecular complexity index is 432. The summed E-state index contributed by atoms with van der Waals surface area (Å²) in [5, 5.41) is 1.19. The molecular formula is C12H13O+. The van der Waals surface area contributed by atoms with Crippen LogP contribution in [-0.4, -0.2) is 0 Å². The molecule has 0 atom stereocenters. The molecule has 13 heavy (non-hydrogen) atoms. The first kappa shape index (κ1) is 8.24. The summed E-state index contributed by atoms with van der Waals surface area (Å²) >= 11 is 0. The van der Waals surface area contributed by atoms with Gasteiger partial charge in [0, 0.05) is 6.07 Å². The van der Waals surface area contributed by atoms with Crippen LogP contribution >= 0.6 is 0 Å². The molecule has 0 aliphatic rings. The van der Waals surface area contributed by atoms with Gasteiger partial charge in [-0.2, -0.15) is 0 Å². The van der Waals surface area contributed by atoms with Gasteiger partial charge in [-0.3, -0.25) is 0 Å². The molecule has 0 bridgehead atoms. The van der Waals surface area contributed by atoms with Gasteiger partial charge in [0.05, 0.1) is 17.9 Å². The first-order valence-electron chi connectivity index (χ1n) is 4.62. The van der Waals surface area contributed by atoms with Crippen LogP contribution in [0.4, 0.5) is 0 Å². The minimum absolute atomic E-state index is 0.970. The fourth-order valence-electron chi connectivity index (χ4n) is 1.56. The first-order valence-corrected chi connectivity index (χ1v) is 4.62. The molecule has 0 N–H and O–H groups in total. The van der Waals surface area contributed by atoms with Crippen LogP contribution in [0.25, 0.3) is 11.0 Å². The molecule has 1 heterocycles. The summed E-state index contributed by atoms with van der Waals surface area (Å²) in [7, 11) is 0.